The van der Waals surface area contributed by atoms with Crippen molar-refractivity contribution in [2.24, 2.45) is 0 Å². The number of carbonyl (C=O) groups is 2. The summed E-state index contributed by atoms with van der Waals surface area (Å²) in [6, 6.07) is 10.7. The molecule has 2 aromatic carbocycles. The van der Waals surface area contributed by atoms with Crippen molar-refractivity contribution in [3.8, 4) is 0 Å². The third-order valence-corrected chi connectivity index (χ3v) is 4.25. The highest BCUT2D eigenvalue weighted by molar-refractivity contribution is 8.00. The molecule has 1 atom stereocenters. The molecule has 0 aliphatic carbocycles. The number of nitro benzene ring substituents is 1. The van der Waals surface area contributed by atoms with Crippen LogP contribution in [0.5, 0.6) is 0 Å². The average Bonchev–Trinajstić information content (AvgIpc) is 2.60. The van der Waals surface area contributed by atoms with Gasteiger partial charge in [-0.1, -0.05) is 0 Å². The molecule has 0 aliphatic heterocycles. The van der Waals surface area contributed by atoms with Crippen LogP contribution in [0.1, 0.15) is 17.3 Å². The van der Waals surface area contributed by atoms with Crippen LogP contribution in [0, 0.1) is 15.9 Å². The highest BCUT2D eigenvalue weighted by Crippen LogP contribution is 2.25. The fourth-order valence-corrected chi connectivity index (χ4v) is 2.66. The van der Waals surface area contributed by atoms with Crippen molar-refractivity contribution < 1.29 is 18.9 Å². The Morgan fingerprint density at radius 1 is 1.08 bits per heavy atom. The lowest BCUT2D eigenvalue weighted by Crippen LogP contribution is -2.44. The lowest BCUT2D eigenvalue weighted by molar-refractivity contribution is -0.384. The minimum Gasteiger partial charge on any atom is -0.272 e. The van der Waals surface area contributed by atoms with E-state index in [1.54, 1.807) is 19.1 Å². The van der Waals surface area contributed by atoms with Gasteiger partial charge in [0, 0.05) is 22.6 Å². The predicted octanol–water partition coefficient (Wildman–Crippen LogP) is 2.68. The lowest BCUT2D eigenvalue weighted by Gasteiger charge is -2.12. The van der Waals surface area contributed by atoms with Gasteiger partial charge in [0.25, 0.3) is 17.5 Å². The maximum atomic E-state index is 12.8. The van der Waals surface area contributed by atoms with E-state index >= 15 is 0 Å². The van der Waals surface area contributed by atoms with Gasteiger partial charge in [0.15, 0.2) is 0 Å². The molecule has 0 aromatic heterocycles. The molecule has 0 aliphatic rings. The smallest absolute Gasteiger partial charge is 0.269 e. The van der Waals surface area contributed by atoms with Crippen LogP contribution in [0.3, 0.4) is 0 Å². The second kappa shape index (κ2) is 8.25. The summed E-state index contributed by atoms with van der Waals surface area (Å²) < 4.78 is 12.8. The zero-order chi connectivity index (χ0) is 18.4. The highest BCUT2D eigenvalue weighted by atomic mass is 32.2. The van der Waals surface area contributed by atoms with Gasteiger partial charge in [-0.3, -0.25) is 30.6 Å². The van der Waals surface area contributed by atoms with Gasteiger partial charge in [-0.15, -0.1) is 11.8 Å². The minimum absolute atomic E-state index is 0.0342. The Morgan fingerprint density at radius 2 is 1.68 bits per heavy atom. The molecule has 0 bridgehead atoms. The monoisotopic (exact) mass is 363 g/mol. The second-order valence-electron chi connectivity index (χ2n) is 4.96. The predicted molar refractivity (Wildman–Crippen MR) is 90.4 cm³/mol. The number of hydrogen-bond acceptors (Lipinski definition) is 5. The van der Waals surface area contributed by atoms with Crippen LogP contribution in [-0.2, 0) is 4.79 Å². The van der Waals surface area contributed by atoms with E-state index in [0.29, 0.717) is 4.90 Å². The first kappa shape index (κ1) is 18.4. The van der Waals surface area contributed by atoms with Crippen molar-refractivity contribution >= 4 is 29.3 Å². The van der Waals surface area contributed by atoms with E-state index in [0.717, 1.165) is 12.1 Å². The summed E-state index contributed by atoms with van der Waals surface area (Å²) in [5, 5.41) is 10.1. The Bertz CT molecular complexity index is 781. The number of amides is 2. The molecule has 0 fully saturated rings. The average molecular weight is 363 g/mol. The molecule has 130 valence electrons. The van der Waals surface area contributed by atoms with Crippen LogP contribution in [0.15, 0.2) is 53.4 Å². The quantitative estimate of drug-likeness (QED) is 0.483. The third kappa shape index (κ3) is 5.28. The Hall–Kier alpha value is -2.94. The Morgan fingerprint density at radius 3 is 2.24 bits per heavy atom. The van der Waals surface area contributed by atoms with E-state index < -0.39 is 27.8 Å². The fraction of sp³-hybridized carbons (Fsp3) is 0.125. The van der Waals surface area contributed by atoms with Crippen LogP contribution in [-0.4, -0.2) is 22.0 Å². The Balaban J connectivity index is 1.86. The first-order valence-electron chi connectivity index (χ1n) is 7.13. The van der Waals surface area contributed by atoms with Gasteiger partial charge >= 0.3 is 0 Å². The summed E-state index contributed by atoms with van der Waals surface area (Å²) in [5.41, 5.74) is 4.70. The van der Waals surface area contributed by atoms with Crippen LogP contribution >= 0.6 is 11.8 Å². The van der Waals surface area contributed by atoms with Crippen molar-refractivity contribution in [3.05, 3.63) is 70.0 Å². The summed E-state index contributed by atoms with van der Waals surface area (Å²) in [4.78, 5) is 34.6. The standard InChI is InChI=1S/C16H14FN3O4S/c1-10(25-14-8-6-13(7-9-14)20(23)24)15(21)18-19-16(22)11-2-4-12(17)5-3-11/h2-10H,1H3,(H,18,21)(H,19,22). The molecule has 0 spiro atoms. The summed E-state index contributed by atoms with van der Waals surface area (Å²) in [7, 11) is 0. The topological polar surface area (TPSA) is 101 Å². The first-order chi connectivity index (χ1) is 11.9. The molecule has 2 rings (SSSR count). The number of rotatable bonds is 5. The van der Waals surface area contributed by atoms with E-state index in [-0.39, 0.29) is 11.3 Å². The Labute approximate surface area is 146 Å². The van der Waals surface area contributed by atoms with Crippen molar-refractivity contribution in [3.63, 3.8) is 0 Å². The zero-order valence-electron chi connectivity index (χ0n) is 13.1. The number of thioether (sulfide) groups is 1. The van der Waals surface area contributed by atoms with Crippen LogP contribution in [0.25, 0.3) is 0 Å². The number of non-ortho nitro benzene ring substituents is 1. The van der Waals surface area contributed by atoms with E-state index in [1.165, 1.54) is 36.0 Å². The van der Waals surface area contributed by atoms with Crippen molar-refractivity contribution in [1.29, 1.82) is 0 Å². The minimum atomic E-state index is -0.569. The maximum Gasteiger partial charge on any atom is 0.269 e. The van der Waals surface area contributed by atoms with Crippen LogP contribution in [0.4, 0.5) is 10.1 Å². The molecule has 9 heteroatoms. The molecular formula is C16H14FN3O4S. The molecule has 25 heavy (non-hydrogen) atoms. The number of hydrogen-bond donors (Lipinski definition) is 2. The number of nitro groups is 1. The maximum absolute atomic E-state index is 12.8. The second-order valence-corrected chi connectivity index (χ2v) is 6.38. The SMILES string of the molecule is CC(Sc1ccc([N+](=O)[O-])cc1)C(=O)NNC(=O)c1ccc(F)cc1. The zero-order valence-corrected chi connectivity index (χ0v) is 13.9. The number of carbonyl (C=O) groups excluding carboxylic acids is 2. The number of nitrogens with one attached hydrogen (secondary N) is 2. The first-order valence-corrected chi connectivity index (χ1v) is 8.01. The van der Waals surface area contributed by atoms with Crippen molar-refractivity contribution in [2.75, 3.05) is 0 Å². The van der Waals surface area contributed by atoms with Gasteiger partial charge in [0.2, 0.25) is 0 Å². The number of hydrazine groups is 1. The molecule has 0 saturated heterocycles. The van der Waals surface area contributed by atoms with Gasteiger partial charge in [0.1, 0.15) is 5.82 Å². The van der Waals surface area contributed by atoms with Crippen LogP contribution in [0.2, 0.25) is 0 Å². The normalized spacial score (nSPS) is 11.4. The van der Waals surface area contributed by atoms with Gasteiger partial charge in [0.05, 0.1) is 10.2 Å². The van der Waals surface area contributed by atoms with Gasteiger partial charge in [-0.05, 0) is 43.3 Å². The van der Waals surface area contributed by atoms with Gasteiger partial charge < -0.3 is 0 Å². The van der Waals surface area contributed by atoms with Gasteiger partial charge in [-0.25, -0.2) is 4.39 Å². The van der Waals surface area contributed by atoms with Crippen LogP contribution < -0.4 is 10.9 Å². The molecule has 0 heterocycles. The number of benzene rings is 2. The fourth-order valence-electron chi connectivity index (χ4n) is 1.80. The molecule has 1 unspecified atom stereocenters. The molecular weight excluding hydrogens is 349 g/mol. The van der Waals surface area contributed by atoms with E-state index in [4.69, 9.17) is 0 Å². The number of nitrogens with zero attached hydrogens (tertiary/aromatic N) is 1. The third-order valence-electron chi connectivity index (χ3n) is 3.14. The van der Waals surface area contributed by atoms with E-state index in [2.05, 4.69) is 10.9 Å². The molecule has 2 aromatic rings. The summed E-state index contributed by atoms with van der Waals surface area (Å²) in [5.74, 6) is -1.48. The van der Waals surface area contributed by atoms with Gasteiger partial charge in [-0.2, -0.15) is 0 Å². The largest absolute Gasteiger partial charge is 0.272 e. The molecule has 0 saturated carbocycles. The summed E-state index contributed by atoms with van der Waals surface area (Å²) in [6.45, 7) is 1.63. The highest BCUT2D eigenvalue weighted by Gasteiger charge is 2.16. The molecule has 2 N–H and O–H groups in total. The Kier molecular flexibility index (Phi) is 6.07. The summed E-state index contributed by atoms with van der Waals surface area (Å²) >= 11 is 1.19. The van der Waals surface area contributed by atoms with Crippen molar-refractivity contribution in [1.82, 2.24) is 10.9 Å². The lowest BCUT2D eigenvalue weighted by atomic mass is 10.2. The molecule has 0 radical (unpaired) electrons. The molecule has 7 nitrogen and oxygen atoms in total. The summed E-state index contributed by atoms with van der Waals surface area (Å²) in [6.07, 6.45) is 0. The van der Waals surface area contributed by atoms with E-state index in [9.17, 15) is 24.1 Å². The van der Waals surface area contributed by atoms with Crippen molar-refractivity contribution in [2.45, 2.75) is 17.1 Å². The molecule has 2 amide bonds. The number of halogens is 1. The van der Waals surface area contributed by atoms with E-state index in [1.807, 2.05) is 0 Å².